The monoisotopic (exact) mass is 250 g/mol. The maximum atomic E-state index is 11.5. The number of halogens is 1. The number of rotatable bonds is 6. The normalized spacial score (nSPS) is 15.1. The van der Waals surface area contributed by atoms with E-state index in [0.717, 1.165) is 25.7 Å². The molecule has 0 amide bonds. The van der Waals surface area contributed by atoms with Crippen molar-refractivity contribution in [1.29, 1.82) is 0 Å². The lowest BCUT2D eigenvalue weighted by Crippen LogP contribution is -2.33. The number of ether oxygens (including phenoxy) is 1. The number of unbranched alkanes of at least 4 members (excludes halogenated alkanes) is 1. The molecule has 2 nitrogen and oxygen atoms in total. The first-order valence-electron chi connectivity index (χ1n) is 4.96. The van der Waals surface area contributed by atoms with E-state index >= 15 is 0 Å². The molecule has 0 aromatic heterocycles. The van der Waals surface area contributed by atoms with Crippen LogP contribution < -0.4 is 0 Å². The molecule has 0 aliphatic heterocycles. The first kappa shape index (κ1) is 12.9. The maximum absolute atomic E-state index is 11.5. The summed E-state index contributed by atoms with van der Waals surface area (Å²) in [6, 6.07) is 0. The molecule has 0 spiro atoms. The second-order valence-corrected chi connectivity index (χ2v) is 4.66. The Kier molecular flexibility index (Phi) is 6.39. The van der Waals surface area contributed by atoms with E-state index in [1.165, 1.54) is 0 Å². The SMILES string of the molecule is CCCC[C@](Br)(CC)C(=O)OCC. The summed E-state index contributed by atoms with van der Waals surface area (Å²) < 4.78 is 4.56. The van der Waals surface area contributed by atoms with Crippen LogP contribution in [0.4, 0.5) is 0 Å². The Hall–Kier alpha value is -0.0500. The fraction of sp³-hybridized carbons (Fsp3) is 0.900. The smallest absolute Gasteiger partial charge is 0.322 e. The third-order valence-electron chi connectivity index (χ3n) is 2.13. The summed E-state index contributed by atoms with van der Waals surface area (Å²) in [6.45, 7) is 6.41. The van der Waals surface area contributed by atoms with Crippen LogP contribution >= 0.6 is 15.9 Å². The fourth-order valence-electron chi connectivity index (χ4n) is 1.14. The van der Waals surface area contributed by atoms with Gasteiger partial charge >= 0.3 is 5.97 Å². The van der Waals surface area contributed by atoms with Crippen LogP contribution in [0, 0.1) is 0 Å². The van der Waals surface area contributed by atoms with E-state index in [1.807, 2.05) is 13.8 Å². The zero-order valence-electron chi connectivity index (χ0n) is 8.73. The van der Waals surface area contributed by atoms with E-state index in [2.05, 4.69) is 22.9 Å². The average molecular weight is 251 g/mol. The lowest BCUT2D eigenvalue weighted by molar-refractivity contribution is -0.146. The van der Waals surface area contributed by atoms with Gasteiger partial charge in [-0.15, -0.1) is 0 Å². The highest BCUT2D eigenvalue weighted by molar-refractivity contribution is 9.10. The molecule has 1 atom stereocenters. The van der Waals surface area contributed by atoms with Gasteiger partial charge in [-0.3, -0.25) is 4.79 Å². The highest BCUT2D eigenvalue weighted by atomic mass is 79.9. The maximum Gasteiger partial charge on any atom is 0.322 e. The Morgan fingerprint density at radius 3 is 2.38 bits per heavy atom. The average Bonchev–Trinajstić information content (AvgIpc) is 2.14. The molecule has 0 fully saturated rings. The molecular weight excluding hydrogens is 232 g/mol. The molecule has 0 radical (unpaired) electrons. The minimum Gasteiger partial charge on any atom is -0.465 e. The summed E-state index contributed by atoms with van der Waals surface area (Å²) in [5.41, 5.74) is 0. The quantitative estimate of drug-likeness (QED) is 0.535. The molecule has 0 unspecified atom stereocenters. The van der Waals surface area contributed by atoms with Gasteiger partial charge in [0.2, 0.25) is 0 Å². The molecule has 0 aromatic carbocycles. The van der Waals surface area contributed by atoms with Crippen molar-refractivity contribution in [3.05, 3.63) is 0 Å². The van der Waals surface area contributed by atoms with Gasteiger partial charge in [-0.25, -0.2) is 0 Å². The zero-order valence-corrected chi connectivity index (χ0v) is 10.3. The van der Waals surface area contributed by atoms with Crippen molar-refractivity contribution in [2.45, 2.75) is 50.8 Å². The lowest BCUT2D eigenvalue weighted by atomic mass is 9.99. The van der Waals surface area contributed by atoms with E-state index in [-0.39, 0.29) is 5.97 Å². The second-order valence-electron chi connectivity index (χ2n) is 3.14. The zero-order chi connectivity index (χ0) is 10.3. The summed E-state index contributed by atoms with van der Waals surface area (Å²) in [5.74, 6) is -0.119. The molecule has 78 valence electrons. The van der Waals surface area contributed by atoms with E-state index in [9.17, 15) is 4.79 Å². The molecule has 0 aliphatic carbocycles. The van der Waals surface area contributed by atoms with E-state index in [4.69, 9.17) is 4.74 Å². The predicted molar refractivity (Wildman–Crippen MR) is 58.1 cm³/mol. The molecule has 0 heterocycles. The summed E-state index contributed by atoms with van der Waals surface area (Å²) in [5, 5.41) is 0. The van der Waals surface area contributed by atoms with Gasteiger partial charge in [0.15, 0.2) is 0 Å². The van der Waals surface area contributed by atoms with Gasteiger partial charge in [0.1, 0.15) is 4.32 Å². The number of hydrogen-bond acceptors (Lipinski definition) is 2. The molecular formula is C10H19BrO2. The van der Waals surface area contributed by atoms with Gasteiger partial charge < -0.3 is 4.74 Å². The van der Waals surface area contributed by atoms with Crippen molar-refractivity contribution in [2.24, 2.45) is 0 Å². The topological polar surface area (TPSA) is 26.3 Å². The summed E-state index contributed by atoms with van der Waals surface area (Å²) in [6.07, 6.45) is 3.80. The van der Waals surface area contributed by atoms with E-state index in [1.54, 1.807) is 0 Å². The summed E-state index contributed by atoms with van der Waals surface area (Å²) in [7, 11) is 0. The summed E-state index contributed by atoms with van der Waals surface area (Å²) >= 11 is 3.48. The Morgan fingerprint density at radius 1 is 1.38 bits per heavy atom. The third-order valence-corrected chi connectivity index (χ3v) is 3.41. The van der Waals surface area contributed by atoms with Crippen LogP contribution in [-0.4, -0.2) is 16.9 Å². The van der Waals surface area contributed by atoms with Crippen LogP contribution in [0.25, 0.3) is 0 Å². The van der Waals surface area contributed by atoms with Gasteiger partial charge in [0, 0.05) is 0 Å². The second kappa shape index (κ2) is 6.41. The van der Waals surface area contributed by atoms with Crippen LogP contribution in [0.1, 0.15) is 46.5 Å². The minimum absolute atomic E-state index is 0.119. The fourth-order valence-corrected chi connectivity index (χ4v) is 1.54. The van der Waals surface area contributed by atoms with Gasteiger partial charge in [-0.1, -0.05) is 42.6 Å². The van der Waals surface area contributed by atoms with Gasteiger partial charge in [0.05, 0.1) is 6.61 Å². The molecule has 0 aliphatic rings. The Morgan fingerprint density at radius 2 is 2.00 bits per heavy atom. The molecule has 0 rings (SSSR count). The highest BCUT2D eigenvalue weighted by Crippen LogP contribution is 2.30. The van der Waals surface area contributed by atoms with Crippen LogP contribution in [-0.2, 0) is 9.53 Å². The lowest BCUT2D eigenvalue weighted by Gasteiger charge is -2.23. The number of carbonyl (C=O) groups is 1. The largest absolute Gasteiger partial charge is 0.465 e. The van der Waals surface area contributed by atoms with Crippen molar-refractivity contribution in [2.75, 3.05) is 6.61 Å². The van der Waals surface area contributed by atoms with Gasteiger partial charge in [-0.05, 0) is 19.8 Å². The molecule has 0 N–H and O–H groups in total. The van der Waals surface area contributed by atoms with Crippen molar-refractivity contribution in [3.8, 4) is 0 Å². The van der Waals surface area contributed by atoms with Crippen LogP contribution in [0.5, 0.6) is 0 Å². The van der Waals surface area contributed by atoms with Crippen molar-refractivity contribution < 1.29 is 9.53 Å². The van der Waals surface area contributed by atoms with E-state index in [0.29, 0.717) is 6.61 Å². The Labute approximate surface area is 89.2 Å². The minimum atomic E-state index is -0.445. The standard InChI is InChI=1S/C10H19BrO2/c1-4-7-8-10(11,5-2)9(12)13-6-3/h4-8H2,1-3H3/t10-/m1/s1. The highest BCUT2D eigenvalue weighted by Gasteiger charge is 2.34. The number of hydrogen-bond donors (Lipinski definition) is 0. The molecule has 3 heteroatoms. The van der Waals surface area contributed by atoms with Gasteiger partial charge in [-0.2, -0.15) is 0 Å². The molecule has 13 heavy (non-hydrogen) atoms. The number of esters is 1. The summed E-state index contributed by atoms with van der Waals surface area (Å²) in [4.78, 5) is 11.5. The van der Waals surface area contributed by atoms with E-state index < -0.39 is 4.32 Å². The molecule has 0 saturated carbocycles. The Balaban J connectivity index is 4.16. The number of carbonyl (C=O) groups excluding carboxylic acids is 1. The molecule has 0 saturated heterocycles. The predicted octanol–water partition coefficient (Wildman–Crippen LogP) is 3.28. The first-order valence-corrected chi connectivity index (χ1v) is 5.76. The molecule has 0 bridgehead atoms. The van der Waals surface area contributed by atoms with Crippen LogP contribution in [0.2, 0.25) is 0 Å². The first-order chi connectivity index (χ1) is 6.10. The Bertz CT molecular complexity index is 159. The van der Waals surface area contributed by atoms with Crippen molar-refractivity contribution >= 4 is 21.9 Å². The van der Waals surface area contributed by atoms with Crippen molar-refractivity contribution in [3.63, 3.8) is 0 Å². The van der Waals surface area contributed by atoms with Crippen molar-refractivity contribution in [1.82, 2.24) is 0 Å². The third kappa shape index (κ3) is 4.12. The van der Waals surface area contributed by atoms with Crippen LogP contribution in [0.3, 0.4) is 0 Å². The number of alkyl halides is 1. The van der Waals surface area contributed by atoms with Crippen LogP contribution in [0.15, 0.2) is 0 Å². The molecule has 0 aromatic rings. The van der Waals surface area contributed by atoms with Gasteiger partial charge in [0.25, 0.3) is 0 Å².